The number of benzene rings is 1. The van der Waals surface area contributed by atoms with Gasteiger partial charge >= 0.3 is 0 Å². The first kappa shape index (κ1) is 13.9. The van der Waals surface area contributed by atoms with E-state index in [0.717, 1.165) is 25.7 Å². The largest absolute Gasteiger partial charge is 0.383 e. The van der Waals surface area contributed by atoms with Crippen LogP contribution >= 0.6 is 59.6 Å². The van der Waals surface area contributed by atoms with Gasteiger partial charge in [0.1, 0.15) is 0 Å². The van der Waals surface area contributed by atoms with E-state index in [1.807, 2.05) is 23.9 Å². The molecule has 0 amide bonds. The molecule has 84 valence electrons. The predicted molar refractivity (Wildman–Crippen MR) is 81.0 cm³/mol. The van der Waals surface area contributed by atoms with Crippen molar-refractivity contribution in [2.45, 2.75) is 6.42 Å². The van der Waals surface area contributed by atoms with Crippen molar-refractivity contribution in [2.75, 3.05) is 23.9 Å². The van der Waals surface area contributed by atoms with Crippen LogP contribution in [0.5, 0.6) is 0 Å². The van der Waals surface area contributed by atoms with E-state index in [4.69, 9.17) is 0 Å². The normalized spacial score (nSPS) is 10.4. The molecular weight excluding hydrogens is 406 g/mol. The third-order valence-corrected chi connectivity index (χ3v) is 4.24. The highest BCUT2D eigenvalue weighted by Gasteiger charge is 2.05. The molecule has 0 spiro atoms. The maximum absolute atomic E-state index is 3.54. The average molecular weight is 418 g/mol. The summed E-state index contributed by atoms with van der Waals surface area (Å²) in [5.41, 5.74) is 1.12. The van der Waals surface area contributed by atoms with E-state index in [2.05, 4.69) is 59.4 Å². The minimum atomic E-state index is 1.000. The van der Waals surface area contributed by atoms with Gasteiger partial charge in [-0.2, -0.15) is 11.8 Å². The van der Waals surface area contributed by atoms with E-state index in [0.29, 0.717) is 0 Å². The summed E-state index contributed by atoms with van der Waals surface area (Å²) in [6.45, 7) is 1.000. The quantitative estimate of drug-likeness (QED) is 0.666. The summed E-state index contributed by atoms with van der Waals surface area (Å²) < 4.78 is 3.22. The fourth-order valence-corrected chi connectivity index (χ4v) is 4.11. The number of thioether (sulfide) groups is 1. The lowest BCUT2D eigenvalue weighted by Gasteiger charge is -2.11. The van der Waals surface area contributed by atoms with Crippen molar-refractivity contribution in [2.24, 2.45) is 0 Å². The summed E-state index contributed by atoms with van der Waals surface area (Å²) in [6, 6.07) is 4.09. The standard InChI is InChI=1S/C10H12Br3NS/c1-15-4-2-3-14-10-8(12)5-7(11)6-9(10)13/h5-6,14H,2-4H2,1H3. The summed E-state index contributed by atoms with van der Waals surface area (Å²) >= 11 is 12.4. The molecule has 1 rings (SSSR count). The Morgan fingerprint density at radius 3 is 2.33 bits per heavy atom. The summed E-state index contributed by atoms with van der Waals surface area (Å²) in [4.78, 5) is 0. The second-order valence-electron chi connectivity index (χ2n) is 3.02. The van der Waals surface area contributed by atoms with Crippen molar-refractivity contribution >= 4 is 65.2 Å². The van der Waals surface area contributed by atoms with Crippen LogP contribution in [0.3, 0.4) is 0 Å². The van der Waals surface area contributed by atoms with Crippen molar-refractivity contribution < 1.29 is 0 Å². The minimum absolute atomic E-state index is 1.000. The Kier molecular flexibility index (Phi) is 6.66. The maximum Gasteiger partial charge on any atom is 0.0629 e. The molecule has 0 aliphatic heterocycles. The maximum atomic E-state index is 3.54. The number of hydrogen-bond donors (Lipinski definition) is 1. The molecule has 0 heterocycles. The molecule has 0 aliphatic carbocycles. The first-order valence-electron chi connectivity index (χ1n) is 4.52. The Bertz CT molecular complexity index is 307. The molecule has 0 unspecified atom stereocenters. The zero-order chi connectivity index (χ0) is 11.3. The van der Waals surface area contributed by atoms with E-state index in [1.54, 1.807) is 0 Å². The molecule has 1 N–H and O–H groups in total. The van der Waals surface area contributed by atoms with Gasteiger partial charge in [0.15, 0.2) is 0 Å². The number of anilines is 1. The smallest absolute Gasteiger partial charge is 0.0629 e. The molecule has 0 saturated carbocycles. The van der Waals surface area contributed by atoms with Gasteiger partial charge in [-0.25, -0.2) is 0 Å². The van der Waals surface area contributed by atoms with Crippen LogP contribution in [-0.2, 0) is 0 Å². The van der Waals surface area contributed by atoms with Crippen LogP contribution in [0.4, 0.5) is 5.69 Å². The van der Waals surface area contributed by atoms with Crippen molar-refractivity contribution in [1.82, 2.24) is 0 Å². The molecule has 1 aromatic rings. The summed E-state index contributed by atoms with van der Waals surface area (Å²) in [7, 11) is 0. The van der Waals surface area contributed by atoms with Gasteiger partial charge in [0, 0.05) is 20.0 Å². The zero-order valence-corrected chi connectivity index (χ0v) is 13.9. The van der Waals surface area contributed by atoms with Gasteiger partial charge in [-0.3, -0.25) is 0 Å². The lowest BCUT2D eigenvalue weighted by atomic mass is 10.3. The van der Waals surface area contributed by atoms with Crippen molar-refractivity contribution in [1.29, 1.82) is 0 Å². The van der Waals surface area contributed by atoms with E-state index in [1.165, 1.54) is 12.2 Å². The van der Waals surface area contributed by atoms with Crippen LogP contribution in [-0.4, -0.2) is 18.6 Å². The van der Waals surface area contributed by atoms with E-state index >= 15 is 0 Å². The molecule has 1 nitrogen and oxygen atoms in total. The topological polar surface area (TPSA) is 12.0 Å². The molecule has 0 atom stereocenters. The fourth-order valence-electron chi connectivity index (χ4n) is 1.14. The number of halogens is 3. The highest BCUT2D eigenvalue weighted by atomic mass is 79.9. The molecule has 0 bridgehead atoms. The monoisotopic (exact) mass is 415 g/mol. The molecule has 15 heavy (non-hydrogen) atoms. The number of rotatable bonds is 5. The first-order chi connectivity index (χ1) is 7.15. The Balaban J connectivity index is 2.60. The highest BCUT2D eigenvalue weighted by molar-refractivity contribution is 9.11. The lowest BCUT2D eigenvalue weighted by molar-refractivity contribution is 0.991. The van der Waals surface area contributed by atoms with Crippen LogP contribution < -0.4 is 5.32 Å². The van der Waals surface area contributed by atoms with Gasteiger partial charge in [-0.05, 0) is 62.4 Å². The molecular formula is C10H12Br3NS. The third-order valence-electron chi connectivity index (χ3n) is 1.83. The van der Waals surface area contributed by atoms with Crippen LogP contribution in [0.25, 0.3) is 0 Å². The summed E-state index contributed by atoms with van der Waals surface area (Å²) in [5, 5.41) is 3.42. The van der Waals surface area contributed by atoms with Crippen molar-refractivity contribution in [3.8, 4) is 0 Å². The Morgan fingerprint density at radius 2 is 1.80 bits per heavy atom. The van der Waals surface area contributed by atoms with Gasteiger partial charge in [-0.1, -0.05) is 15.9 Å². The molecule has 1 aromatic carbocycles. The fraction of sp³-hybridized carbons (Fsp3) is 0.400. The first-order valence-corrected chi connectivity index (χ1v) is 8.29. The zero-order valence-electron chi connectivity index (χ0n) is 8.32. The van der Waals surface area contributed by atoms with E-state index in [-0.39, 0.29) is 0 Å². The van der Waals surface area contributed by atoms with Crippen molar-refractivity contribution in [3.05, 3.63) is 25.6 Å². The van der Waals surface area contributed by atoms with E-state index in [9.17, 15) is 0 Å². The predicted octanol–water partition coefficient (Wildman–Crippen LogP) is 5.14. The van der Waals surface area contributed by atoms with Gasteiger partial charge < -0.3 is 5.32 Å². The summed E-state index contributed by atoms with van der Waals surface area (Å²) in [6.07, 6.45) is 3.31. The molecule has 5 heteroatoms. The Labute approximate surface area is 120 Å². The van der Waals surface area contributed by atoms with Crippen molar-refractivity contribution in [3.63, 3.8) is 0 Å². The minimum Gasteiger partial charge on any atom is -0.383 e. The average Bonchev–Trinajstić information content (AvgIpc) is 2.15. The Morgan fingerprint density at radius 1 is 1.20 bits per heavy atom. The van der Waals surface area contributed by atoms with Crippen LogP contribution in [0.1, 0.15) is 6.42 Å². The van der Waals surface area contributed by atoms with Gasteiger partial charge in [0.2, 0.25) is 0 Å². The van der Waals surface area contributed by atoms with Gasteiger partial charge in [0.05, 0.1) is 5.69 Å². The Hall–Kier alpha value is 0.810. The number of nitrogens with one attached hydrogen (secondary N) is 1. The van der Waals surface area contributed by atoms with Crippen LogP contribution in [0, 0.1) is 0 Å². The van der Waals surface area contributed by atoms with Crippen LogP contribution in [0.2, 0.25) is 0 Å². The summed E-state index contributed by atoms with van der Waals surface area (Å²) in [5.74, 6) is 1.19. The highest BCUT2D eigenvalue weighted by Crippen LogP contribution is 2.34. The molecule has 0 saturated heterocycles. The molecule has 0 fully saturated rings. The molecule has 0 radical (unpaired) electrons. The third kappa shape index (κ3) is 4.67. The lowest BCUT2D eigenvalue weighted by Crippen LogP contribution is -2.03. The molecule has 0 aliphatic rings. The SMILES string of the molecule is CSCCCNc1c(Br)cc(Br)cc1Br. The second-order valence-corrected chi connectivity index (χ2v) is 6.63. The molecule has 0 aromatic heterocycles. The van der Waals surface area contributed by atoms with Gasteiger partial charge in [-0.15, -0.1) is 0 Å². The second kappa shape index (κ2) is 7.20. The van der Waals surface area contributed by atoms with Gasteiger partial charge in [0.25, 0.3) is 0 Å². The number of hydrogen-bond acceptors (Lipinski definition) is 2. The van der Waals surface area contributed by atoms with Crippen LogP contribution in [0.15, 0.2) is 25.6 Å². The van der Waals surface area contributed by atoms with E-state index < -0.39 is 0 Å².